The summed E-state index contributed by atoms with van der Waals surface area (Å²) in [6, 6.07) is 24.0. The molecule has 242 valence electrons. The van der Waals surface area contributed by atoms with Gasteiger partial charge in [0, 0.05) is 24.1 Å². The van der Waals surface area contributed by atoms with Crippen LogP contribution in [0.2, 0.25) is 0 Å². The number of carbonyl (C=O) groups is 2. The monoisotopic (exact) mass is 649 g/mol. The fraction of sp³-hybridized carbons (Fsp3) is 0.257. The van der Waals surface area contributed by atoms with E-state index >= 15 is 4.39 Å². The molecule has 1 atom stereocenters. The number of nitrogens with one attached hydrogen (secondary N) is 1. The van der Waals surface area contributed by atoms with Crippen molar-refractivity contribution in [3.05, 3.63) is 126 Å². The molecule has 2 amide bonds. The number of hydrogen-bond donors (Lipinski definition) is 1. The van der Waals surface area contributed by atoms with E-state index in [0.717, 1.165) is 22.0 Å². The van der Waals surface area contributed by atoms with Crippen LogP contribution in [-0.4, -0.2) is 50.4 Å². The van der Waals surface area contributed by atoms with Crippen LogP contribution in [0.4, 0.5) is 14.5 Å². The largest absolute Gasteiger partial charge is 0.497 e. The molecule has 0 fully saturated rings. The Morgan fingerprint density at radius 3 is 2.04 bits per heavy atom. The van der Waals surface area contributed by atoms with Gasteiger partial charge in [-0.25, -0.2) is 17.2 Å². The summed E-state index contributed by atoms with van der Waals surface area (Å²) < 4.78 is 63.1. The van der Waals surface area contributed by atoms with E-state index in [1.807, 2.05) is 18.2 Å². The third kappa shape index (κ3) is 8.69. The molecule has 46 heavy (non-hydrogen) atoms. The Morgan fingerprint density at radius 2 is 1.46 bits per heavy atom. The number of carbonyl (C=O) groups excluding carboxylic acids is 2. The average molecular weight is 650 g/mol. The van der Waals surface area contributed by atoms with E-state index in [1.165, 1.54) is 66.6 Å². The summed E-state index contributed by atoms with van der Waals surface area (Å²) in [4.78, 5) is 29.3. The number of amides is 2. The van der Waals surface area contributed by atoms with E-state index < -0.39 is 51.6 Å². The van der Waals surface area contributed by atoms with Crippen LogP contribution in [0.1, 0.15) is 31.9 Å². The van der Waals surface area contributed by atoms with Crippen LogP contribution in [0.25, 0.3) is 0 Å². The summed E-state index contributed by atoms with van der Waals surface area (Å²) in [7, 11) is -2.96. The van der Waals surface area contributed by atoms with Crippen molar-refractivity contribution in [1.82, 2.24) is 10.2 Å². The van der Waals surface area contributed by atoms with E-state index in [0.29, 0.717) is 5.75 Å². The summed E-state index contributed by atoms with van der Waals surface area (Å²) in [6.07, 6.45) is 0.0741. The maximum atomic E-state index is 15.0. The summed E-state index contributed by atoms with van der Waals surface area (Å²) >= 11 is 0. The standard InChI is InChI=1S/C35H37F2N3O5S/c1-35(2,3)38-34(42)32(22-25-10-6-5-7-11-25)39(23-26-12-8-9-13-31(26)37)33(41)24-40(28-16-14-27(36)15-17-28)46(43,44)30-20-18-29(45-4)19-21-30/h5-21,32H,22-24H2,1-4H3,(H,38,42)/t32-/m1/s1. The molecule has 0 unspecified atom stereocenters. The molecule has 0 aliphatic carbocycles. The molecule has 0 heterocycles. The summed E-state index contributed by atoms with van der Waals surface area (Å²) in [5.74, 6) is -2.02. The molecule has 0 saturated heterocycles. The lowest BCUT2D eigenvalue weighted by Crippen LogP contribution is -2.56. The molecule has 0 aromatic heterocycles. The topological polar surface area (TPSA) is 96.0 Å². The van der Waals surface area contributed by atoms with Gasteiger partial charge in [0.1, 0.15) is 30.0 Å². The van der Waals surface area contributed by atoms with Gasteiger partial charge in [-0.3, -0.25) is 13.9 Å². The molecular weight excluding hydrogens is 612 g/mol. The number of hydrogen-bond acceptors (Lipinski definition) is 5. The van der Waals surface area contributed by atoms with Gasteiger partial charge in [0.25, 0.3) is 10.0 Å². The van der Waals surface area contributed by atoms with E-state index in [2.05, 4.69) is 5.32 Å². The van der Waals surface area contributed by atoms with Crippen molar-refractivity contribution < 1.29 is 31.5 Å². The van der Waals surface area contributed by atoms with E-state index in [4.69, 9.17) is 4.74 Å². The van der Waals surface area contributed by atoms with Gasteiger partial charge in [-0.15, -0.1) is 0 Å². The fourth-order valence-electron chi connectivity index (χ4n) is 4.83. The molecule has 0 aliphatic rings. The molecular formula is C35H37F2N3O5S. The molecule has 0 aliphatic heterocycles. The predicted molar refractivity (Wildman–Crippen MR) is 173 cm³/mol. The van der Waals surface area contributed by atoms with Crippen LogP contribution in [0.3, 0.4) is 0 Å². The first kappa shape index (κ1) is 34.1. The molecule has 4 rings (SSSR count). The van der Waals surface area contributed by atoms with Crippen LogP contribution in [-0.2, 0) is 32.6 Å². The van der Waals surface area contributed by atoms with Crippen molar-refractivity contribution in [2.45, 2.75) is 50.2 Å². The Labute approximate surface area is 268 Å². The second-order valence-corrected chi connectivity index (χ2v) is 13.6. The number of nitrogens with zero attached hydrogens (tertiary/aromatic N) is 2. The first-order valence-corrected chi connectivity index (χ1v) is 16.0. The van der Waals surface area contributed by atoms with Crippen molar-refractivity contribution in [3.63, 3.8) is 0 Å². The van der Waals surface area contributed by atoms with Crippen LogP contribution in [0, 0.1) is 11.6 Å². The van der Waals surface area contributed by atoms with Crippen molar-refractivity contribution >= 4 is 27.5 Å². The maximum absolute atomic E-state index is 15.0. The van der Waals surface area contributed by atoms with Gasteiger partial charge in [-0.05, 0) is 80.9 Å². The third-order valence-electron chi connectivity index (χ3n) is 7.11. The van der Waals surface area contributed by atoms with E-state index in [1.54, 1.807) is 39.0 Å². The Morgan fingerprint density at radius 1 is 0.848 bits per heavy atom. The number of ether oxygens (including phenoxy) is 1. The SMILES string of the molecule is COc1ccc(S(=O)(=O)N(CC(=O)N(Cc2ccccc2F)[C@H](Cc2ccccc2)C(=O)NC(C)(C)C)c2ccc(F)cc2)cc1. The molecule has 4 aromatic carbocycles. The van der Waals surface area contributed by atoms with Crippen molar-refractivity contribution in [2.75, 3.05) is 18.0 Å². The van der Waals surface area contributed by atoms with Gasteiger partial charge < -0.3 is 15.0 Å². The van der Waals surface area contributed by atoms with Crippen LogP contribution in [0.15, 0.2) is 108 Å². The van der Waals surface area contributed by atoms with E-state index in [9.17, 15) is 22.4 Å². The second-order valence-electron chi connectivity index (χ2n) is 11.7. The third-order valence-corrected chi connectivity index (χ3v) is 8.90. The Hall–Kier alpha value is -4.77. The van der Waals surface area contributed by atoms with Crippen LogP contribution < -0.4 is 14.4 Å². The average Bonchev–Trinajstić information content (AvgIpc) is 3.02. The summed E-state index contributed by atoms with van der Waals surface area (Å²) in [5.41, 5.74) is 0.236. The van der Waals surface area contributed by atoms with Gasteiger partial charge in [0.05, 0.1) is 17.7 Å². The van der Waals surface area contributed by atoms with E-state index in [-0.39, 0.29) is 29.1 Å². The van der Waals surface area contributed by atoms with Crippen LogP contribution in [0.5, 0.6) is 5.75 Å². The summed E-state index contributed by atoms with van der Waals surface area (Å²) in [5, 5.41) is 2.92. The second kappa shape index (κ2) is 14.6. The van der Waals surface area contributed by atoms with Gasteiger partial charge in [0.15, 0.2) is 0 Å². The molecule has 8 nitrogen and oxygen atoms in total. The van der Waals surface area contributed by atoms with Gasteiger partial charge in [-0.1, -0.05) is 48.5 Å². The number of anilines is 1. The fourth-order valence-corrected chi connectivity index (χ4v) is 6.24. The number of methoxy groups -OCH3 is 1. The zero-order valence-electron chi connectivity index (χ0n) is 26.1. The van der Waals surface area contributed by atoms with Crippen molar-refractivity contribution in [1.29, 1.82) is 0 Å². The number of sulfonamides is 1. The van der Waals surface area contributed by atoms with Crippen molar-refractivity contribution in [2.24, 2.45) is 0 Å². The highest BCUT2D eigenvalue weighted by Crippen LogP contribution is 2.27. The lowest BCUT2D eigenvalue weighted by atomic mass is 10.0. The molecule has 0 spiro atoms. The zero-order chi connectivity index (χ0) is 33.5. The highest BCUT2D eigenvalue weighted by atomic mass is 32.2. The van der Waals surface area contributed by atoms with Gasteiger partial charge >= 0.3 is 0 Å². The minimum absolute atomic E-state index is 0.0233. The minimum Gasteiger partial charge on any atom is -0.497 e. The first-order chi connectivity index (χ1) is 21.8. The Kier molecular flexibility index (Phi) is 10.8. The molecule has 11 heteroatoms. The molecule has 4 aromatic rings. The highest BCUT2D eigenvalue weighted by molar-refractivity contribution is 7.92. The Bertz CT molecular complexity index is 1740. The quantitative estimate of drug-likeness (QED) is 0.212. The van der Waals surface area contributed by atoms with Crippen molar-refractivity contribution in [3.8, 4) is 5.75 Å². The molecule has 0 bridgehead atoms. The number of halogens is 2. The minimum atomic E-state index is -4.40. The Balaban J connectivity index is 1.82. The number of rotatable bonds is 12. The smallest absolute Gasteiger partial charge is 0.264 e. The predicted octanol–water partition coefficient (Wildman–Crippen LogP) is 5.72. The lowest BCUT2D eigenvalue weighted by molar-refractivity contribution is -0.140. The zero-order valence-corrected chi connectivity index (χ0v) is 26.9. The number of benzene rings is 4. The first-order valence-electron chi connectivity index (χ1n) is 14.6. The summed E-state index contributed by atoms with van der Waals surface area (Å²) in [6.45, 7) is 4.31. The normalized spacial score (nSPS) is 12.2. The molecule has 0 saturated carbocycles. The maximum Gasteiger partial charge on any atom is 0.264 e. The van der Waals surface area contributed by atoms with Gasteiger partial charge in [-0.2, -0.15) is 0 Å². The highest BCUT2D eigenvalue weighted by Gasteiger charge is 2.36. The molecule has 1 N–H and O–H groups in total. The molecule has 0 radical (unpaired) electrons. The van der Waals surface area contributed by atoms with Crippen LogP contribution >= 0.6 is 0 Å². The van der Waals surface area contributed by atoms with Gasteiger partial charge in [0.2, 0.25) is 11.8 Å². The lowest BCUT2D eigenvalue weighted by Gasteiger charge is -2.35.